The van der Waals surface area contributed by atoms with Gasteiger partial charge in [-0.15, -0.1) is 0 Å². The summed E-state index contributed by atoms with van der Waals surface area (Å²) in [4.78, 5) is 33.4. The number of nitrogens with one attached hydrogen (secondary N) is 2. The number of carbonyl (C=O) groups excluding carboxylic acids is 1. The van der Waals surface area contributed by atoms with Crippen molar-refractivity contribution in [3.63, 3.8) is 0 Å². The topological polar surface area (TPSA) is 134 Å². The van der Waals surface area contributed by atoms with Crippen LogP contribution >= 0.6 is 0 Å². The fraction of sp³-hybridized carbons (Fsp3) is 0.333. The molecule has 0 saturated heterocycles. The van der Waals surface area contributed by atoms with Crippen LogP contribution in [0.15, 0.2) is 45.8 Å². The van der Waals surface area contributed by atoms with Gasteiger partial charge in [-0.3, -0.25) is 14.6 Å². The van der Waals surface area contributed by atoms with Crippen molar-refractivity contribution in [1.29, 1.82) is 0 Å². The molecule has 0 atom stereocenters. The normalized spacial score (nSPS) is 10.9. The SMILES string of the molecule is CCOc1cc(C(=O)Nc2cc(-c3ccco3)nn2-c2nc(C)c(CC)c(=O)[nH]2)cc(OCC)c1OCC. The van der Waals surface area contributed by atoms with E-state index >= 15 is 0 Å². The van der Waals surface area contributed by atoms with Crippen LogP contribution in [0, 0.1) is 6.92 Å². The van der Waals surface area contributed by atoms with Gasteiger partial charge < -0.3 is 23.9 Å². The molecule has 0 saturated carbocycles. The summed E-state index contributed by atoms with van der Waals surface area (Å²) >= 11 is 0. The number of furan rings is 1. The minimum atomic E-state index is -0.452. The number of anilines is 1. The Hall–Kier alpha value is -4.54. The van der Waals surface area contributed by atoms with Gasteiger partial charge in [-0.25, -0.2) is 4.98 Å². The standard InChI is InChI=1S/C27H31N5O6/c1-6-18-16(5)28-27(30-26(18)34)32-23(15-19(31-32)20-11-10-12-38-20)29-25(33)17-13-21(35-7-2)24(37-9-4)22(14-17)36-8-3/h10-15H,6-9H2,1-5H3,(H,29,33)(H,28,30,34). The summed E-state index contributed by atoms with van der Waals surface area (Å²) in [5.74, 6) is 1.70. The first-order valence-corrected chi connectivity index (χ1v) is 12.5. The molecule has 38 heavy (non-hydrogen) atoms. The molecule has 0 bridgehead atoms. The first-order chi connectivity index (χ1) is 18.4. The average molecular weight is 522 g/mol. The molecule has 3 aromatic heterocycles. The predicted octanol–water partition coefficient (Wildman–Crippen LogP) is 4.53. The number of hydrogen-bond donors (Lipinski definition) is 2. The molecule has 0 aliphatic heterocycles. The molecule has 11 nitrogen and oxygen atoms in total. The molecule has 2 N–H and O–H groups in total. The van der Waals surface area contributed by atoms with Crippen LogP contribution in [0.25, 0.3) is 17.4 Å². The Kier molecular flexibility index (Phi) is 8.15. The highest BCUT2D eigenvalue weighted by molar-refractivity contribution is 6.05. The summed E-state index contributed by atoms with van der Waals surface area (Å²) < 4.78 is 24.1. The van der Waals surface area contributed by atoms with Crippen molar-refractivity contribution in [3.05, 3.63) is 63.8 Å². The molecule has 0 aliphatic carbocycles. The Morgan fingerprint density at radius 1 is 1.05 bits per heavy atom. The molecule has 4 rings (SSSR count). The van der Waals surface area contributed by atoms with Crippen LogP contribution in [0.5, 0.6) is 17.2 Å². The van der Waals surface area contributed by atoms with E-state index in [0.29, 0.717) is 66.2 Å². The quantitative estimate of drug-likeness (QED) is 0.294. The van der Waals surface area contributed by atoms with Crippen molar-refractivity contribution in [2.45, 2.75) is 41.0 Å². The van der Waals surface area contributed by atoms with Crippen LogP contribution in [0.4, 0.5) is 5.82 Å². The minimum Gasteiger partial charge on any atom is -0.490 e. The number of hydrogen-bond acceptors (Lipinski definition) is 8. The van der Waals surface area contributed by atoms with E-state index in [9.17, 15) is 9.59 Å². The van der Waals surface area contributed by atoms with Crippen LogP contribution in [0.1, 0.15) is 49.3 Å². The van der Waals surface area contributed by atoms with Gasteiger partial charge >= 0.3 is 0 Å². The maximum Gasteiger partial charge on any atom is 0.257 e. The second-order valence-corrected chi connectivity index (χ2v) is 8.17. The molecule has 200 valence electrons. The predicted molar refractivity (Wildman–Crippen MR) is 142 cm³/mol. The minimum absolute atomic E-state index is 0.162. The largest absolute Gasteiger partial charge is 0.490 e. The number of H-pyrrole nitrogens is 1. The number of amides is 1. The lowest BCUT2D eigenvalue weighted by Crippen LogP contribution is -2.22. The molecule has 0 fully saturated rings. The number of rotatable bonds is 11. The molecular formula is C27H31N5O6. The van der Waals surface area contributed by atoms with E-state index in [4.69, 9.17) is 18.6 Å². The first kappa shape index (κ1) is 26.5. The van der Waals surface area contributed by atoms with Gasteiger partial charge in [0.2, 0.25) is 11.7 Å². The molecule has 0 unspecified atom stereocenters. The highest BCUT2D eigenvalue weighted by atomic mass is 16.5. The zero-order valence-corrected chi connectivity index (χ0v) is 22.1. The van der Waals surface area contributed by atoms with Crippen LogP contribution in [0.3, 0.4) is 0 Å². The zero-order valence-electron chi connectivity index (χ0n) is 22.1. The van der Waals surface area contributed by atoms with E-state index in [1.165, 1.54) is 10.9 Å². The molecule has 0 aliphatic rings. The Balaban J connectivity index is 1.78. The lowest BCUT2D eigenvalue weighted by molar-refractivity contribution is 0.102. The summed E-state index contributed by atoms with van der Waals surface area (Å²) in [6.45, 7) is 10.4. The molecule has 1 aromatic carbocycles. The van der Waals surface area contributed by atoms with Crippen molar-refractivity contribution in [2.75, 3.05) is 25.1 Å². The van der Waals surface area contributed by atoms with Crippen molar-refractivity contribution in [3.8, 4) is 34.7 Å². The Labute approximate surface area is 219 Å². The summed E-state index contributed by atoms with van der Waals surface area (Å²) in [6.07, 6.45) is 2.06. The number of aromatic nitrogens is 4. The summed E-state index contributed by atoms with van der Waals surface area (Å²) in [5, 5.41) is 7.42. The van der Waals surface area contributed by atoms with E-state index in [2.05, 4.69) is 20.4 Å². The van der Waals surface area contributed by atoms with Gasteiger partial charge in [-0.2, -0.15) is 9.78 Å². The molecule has 11 heteroatoms. The van der Waals surface area contributed by atoms with Crippen molar-refractivity contribution < 1.29 is 23.4 Å². The molecule has 0 spiro atoms. The van der Waals surface area contributed by atoms with Crippen LogP contribution in [-0.2, 0) is 6.42 Å². The fourth-order valence-corrected chi connectivity index (χ4v) is 4.00. The number of aromatic amines is 1. The highest BCUT2D eigenvalue weighted by Crippen LogP contribution is 2.39. The number of nitrogens with zero attached hydrogens (tertiary/aromatic N) is 3. The van der Waals surface area contributed by atoms with Gasteiger partial charge in [-0.1, -0.05) is 6.92 Å². The van der Waals surface area contributed by atoms with Gasteiger partial charge in [0.15, 0.2) is 17.3 Å². The molecular weight excluding hydrogens is 490 g/mol. The van der Waals surface area contributed by atoms with Crippen molar-refractivity contribution in [1.82, 2.24) is 19.7 Å². The van der Waals surface area contributed by atoms with Gasteiger partial charge in [0.1, 0.15) is 11.5 Å². The monoisotopic (exact) mass is 521 g/mol. The maximum absolute atomic E-state index is 13.5. The van der Waals surface area contributed by atoms with Gasteiger partial charge in [-0.05, 0) is 58.4 Å². The Bertz CT molecular complexity index is 1440. The number of carbonyl (C=O) groups is 1. The lowest BCUT2D eigenvalue weighted by Gasteiger charge is -2.17. The van der Waals surface area contributed by atoms with Gasteiger partial charge in [0, 0.05) is 22.9 Å². The smallest absolute Gasteiger partial charge is 0.257 e. The van der Waals surface area contributed by atoms with E-state index in [1.807, 2.05) is 27.7 Å². The fourth-order valence-electron chi connectivity index (χ4n) is 4.00. The third kappa shape index (κ3) is 5.41. The van der Waals surface area contributed by atoms with Crippen molar-refractivity contribution >= 4 is 11.7 Å². The second kappa shape index (κ2) is 11.7. The Morgan fingerprint density at radius 3 is 2.29 bits per heavy atom. The maximum atomic E-state index is 13.5. The number of benzene rings is 1. The number of aryl methyl sites for hydroxylation is 1. The summed E-state index contributed by atoms with van der Waals surface area (Å²) in [6, 6.07) is 8.31. The van der Waals surface area contributed by atoms with Crippen LogP contribution in [-0.4, -0.2) is 45.5 Å². The third-order valence-corrected chi connectivity index (χ3v) is 5.66. The van der Waals surface area contributed by atoms with E-state index < -0.39 is 5.91 Å². The van der Waals surface area contributed by atoms with Crippen LogP contribution in [0.2, 0.25) is 0 Å². The average Bonchev–Trinajstić information content (AvgIpc) is 3.56. The van der Waals surface area contributed by atoms with Crippen LogP contribution < -0.4 is 25.1 Å². The van der Waals surface area contributed by atoms with E-state index in [-0.39, 0.29) is 22.9 Å². The molecule has 0 radical (unpaired) electrons. The van der Waals surface area contributed by atoms with Crippen molar-refractivity contribution in [2.24, 2.45) is 0 Å². The first-order valence-electron chi connectivity index (χ1n) is 12.5. The third-order valence-electron chi connectivity index (χ3n) is 5.66. The zero-order chi connectivity index (χ0) is 27.2. The van der Waals surface area contributed by atoms with E-state index in [0.717, 1.165) is 0 Å². The molecule has 3 heterocycles. The van der Waals surface area contributed by atoms with Gasteiger partial charge in [0.05, 0.1) is 26.1 Å². The van der Waals surface area contributed by atoms with E-state index in [1.54, 1.807) is 37.3 Å². The second-order valence-electron chi connectivity index (χ2n) is 8.17. The molecule has 1 amide bonds. The number of ether oxygens (including phenoxy) is 3. The molecule has 4 aromatic rings. The summed E-state index contributed by atoms with van der Waals surface area (Å²) in [7, 11) is 0. The highest BCUT2D eigenvalue weighted by Gasteiger charge is 2.22. The Morgan fingerprint density at radius 2 is 1.74 bits per heavy atom. The lowest BCUT2D eigenvalue weighted by atomic mass is 10.1. The van der Waals surface area contributed by atoms with Gasteiger partial charge in [0.25, 0.3) is 11.5 Å². The summed E-state index contributed by atoms with van der Waals surface area (Å²) in [5.41, 5.74) is 1.62.